The molecule has 1 saturated heterocycles. The highest BCUT2D eigenvalue weighted by molar-refractivity contribution is 5.77. The van der Waals surface area contributed by atoms with E-state index in [0.29, 0.717) is 12.5 Å². The number of amides is 1. The van der Waals surface area contributed by atoms with Gasteiger partial charge in [0.1, 0.15) is 0 Å². The van der Waals surface area contributed by atoms with Gasteiger partial charge in [-0.05, 0) is 42.9 Å². The molecular weight excluding hydrogens is 228 g/mol. The maximum Gasteiger partial charge on any atom is 0.222 e. The zero-order valence-electron chi connectivity index (χ0n) is 10.7. The normalized spacial score (nSPS) is 48.9. The third-order valence-electron chi connectivity index (χ3n) is 5.48. The van der Waals surface area contributed by atoms with Crippen LogP contribution in [-0.4, -0.2) is 37.7 Å². The highest BCUT2D eigenvalue weighted by atomic mass is 16.5. The summed E-state index contributed by atoms with van der Waals surface area (Å²) < 4.78 is 5.58. The zero-order valence-corrected chi connectivity index (χ0v) is 10.7. The van der Waals surface area contributed by atoms with Crippen molar-refractivity contribution in [1.29, 1.82) is 0 Å². The molecule has 2 bridgehead atoms. The zero-order chi connectivity index (χ0) is 12.1. The van der Waals surface area contributed by atoms with E-state index in [0.717, 1.165) is 43.4 Å². The van der Waals surface area contributed by atoms with Gasteiger partial charge in [0, 0.05) is 19.1 Å². The minimum atomic E-state index is 0.0778. The Bertz CT molecular complexity index is 338. The number of nitrogens with one attached hydrogen (secondary N) is 2. The summed E-state index contributed by atoms with van der Waals surface area (Å²) in [6.45, 7) is 2.46. The summed E-state index contributed by atoms with van der Waals surface area (Å²) >= 11 is 0. The predicted molar refractivity (Wildman–Crippen MR) is 67.0 cm³/mol. The maximum atomic E-state index is 12.0. The fourth-order valence-corrected chi connectivity index (χ4v) is 4.72. The Morgan fingerprint density at radius 1 is 1.28 bits per heavy atom. The van der Waals surface area contributed by atoms with Crippen molar-refractivity contribution in [2.75, 3.05) is 19.7 Å². The fraction of sp³-hybridized carbons (Fsp3) is 0.929. The first kappa shape index (κ1) is 11.2. The number of carbonyl (C=O) groups excluding carboxylic acids is 1. The van der Waals surface area contributed by atoms with Crippen molar-refractivity contribution in [2.45, 2.75) is 37.8 Å². The lowest BCUT2D eigenvalue weighted by molar-refractivity contribution is -0.124. The van der Waals surface area contributed by atoms with E-state index in [1.54, 1.807) is 0 Å². The van der Waals surface area contributed by atoms with E-state index >= 15 is 0 Å². The molecule has 4 rings (SSSR count). The third kappa shape index (κ3) is 1.77. The van der Waals surface area contributed by atoms with Gasteiger partial charge in [-0.2, -0.15) is 0 Å². The topological polar surface area (TPSA) is 50.4 Å². The fourth-order valence-electron chi connectivity index (χ4n) is 4.72. The van der Waals surface area contributed by atoms with Crippen molar-refractivity contribution < 1.29 is 9.53 Å². The summed E-state index contributed by atoms with van der Waals surface area (Å²) in [5, 5.41) is 6.53. The summed E-state index contributed by atoms with van der Waals surface area (Å²) in [6.07, 6.45) is 4.87. The summed E-state index contributed by atoms with van der Waals surface area (Å²) in [5.74, 6) is 3.72. The van der Waals surface area contributed by atoms with Gasteiger partial charge >= 0.3 is 0 Å². The van der Waals surface area contributed by atoms with Gasteiger partial charge in [-0.15, -0.1) is 0 Å². The first-order valence-corrected chi connectivity index (χ1v) is 7.44. The predicted octanol–water partition coefficient (Wildman–Crippen LogP) is 0.526. The summed E-state index contributed by atoms with van der Waals surface area (Å²) in [5.41, 5.74) is 0. The van der Waals surface area contributed by atoms with Gasteiger partial charge in [0.15, 0.2) is 0 Å². The van der Waals surface area contributed by atoms with E-state index in [4.69, 9.17) is 4.74 Å². The van der Waals surface area contributed by atoms with Crippen LogP contribution in [0.2, 0.25) is 0 Å². The van der Waals surface area contributed by atoms with E-state index in [1.807, 2.05) is 0 Å². The van der Waals surface area contributed by atoms with Crippen LogP contribution in [0.25, 0.3) is 0 Å². The van der Waals surface area contributed by atoms with E-state index in [9.17, 15) is 4.79 Å². The minimum absolute atomic E-state index is 0.0778. The molecule has 4 nitrogen and oxygen atoms in total. The maximum absolute atomic E-state index is 12.0. The molecule has 18 heavy (non-hydrogen) atoms. The van der Waals surface area contributed by atoms with Crippen LogP contribution in [0.5, 0.6) is 0 Å². The Morgan fingerprint density at radius 2 is 2.06 bits per heavy atom. The number of ether oxygens (including phenoxy) is 1. The quantitative estimate of drug-likeness (QED) is 0.768. The van der Waals surface area contributed by atoms with Gasteiger partial charge < -0.3 is 15.4 Å². The summed E-state index contributed by atoms with van der Waals surface area (Å²) in [6, 6.07) is 0.514. The molecule has 3 aliphatic carbocycles. The monoisotopic (exact) mass is 250 g/mol. The van der Waals surface area contributed by atoms with Gasteiger partial charge in [0.2, 0.25) is 5.91 Å². The van der Waals surface area contributed by atoms with Gasteiger partial charge in [0.25, 0.3) is 0 Å². The van der Waals surface area contributed by atoms with Crippen LogP contribution in [-0.2, 0) is 9.53 Å². The second kappa shape index (κ2) is 4.20. The molecule has 1 amide bonds. The molecule has 0 spiro atoms. The molecule has 0 aromatic rings. The lowest BCUT2D eigenvalue weighted by Crippen LogP contribution is -2.42. The lowest BCUT2D eigenvalue weighted by Gasteiger charge is -2.23. The molecule has 5 atom stereocenters. The average molecular weight is 250 g/mol. The van der Waals surface area contributed by atoms with Crippen LogP contribution in [0.4, 0.5) is 0 Å². The molecule has 100 valence electrons. The van der Waals surface area contributed by atoms with Crippen LogP contribution in [0.1, 0.15) is 25.7 Å². The third-order valence-corrected chi connectivity index (χ3v) is 5.48. The van der Waals surface area contributed by atoms with Crippen LogP contribution < -0.4 is 10.6 Å². The van der Waals surface area contributed by atoms with Crippen LogP contribution in [0.15, 0.2) is 0 Å². The standard InChI is InChI=1S/C14H22N2O2/c17-11(6-10-7-15-3-4-18-10)16-14-12-8-1-2-9(5-8)13(12)14/h8-10,12-15H,1-7H2,(H,16,17). The lowest BCUT2D eigenvalue weighted by atomic mass is 10.0. The van der Waals surface area contributed by atoms with Crippen molar-refractivity contribution in [3.05, 3.63) is 0 Å². The van der Waals surface area contributed by atoms with Crippen molar-refractivity contribution in [3.8, 4) is 0 Å². The number of morpholine rings is 1. The molecule has 4 aliphatic rings. The molecule has 1 heterocycles. The SMILES string of the molecule is O=C(CC1CNCCO1)NC1C2C3CCC(C3)C12. The Balaban J connectivity index is 1.27. The molecule has 5 unspecified atom stereocenters. The molecule has 0 radical (unpaired) electrons. The largest absolute Gasteiger partial charge is 0.375 e. The second-order valence-corrected chi connectivity index (χ2v) is 6.48. The van der Waals surface area contributed by atoms with Crippen molar-refractivity contribution in [2.24, 2.45) is 23.7 Å². The van der Waals surface area contributed by atoms with Gasteiger partial charge in [-0.3, -0.25) is 4.79 Å². The van der Waals surface area contributed by atoms with Crippen LogP contribution in [0, 0.1) is 23.7 Å². The van der Waals surface area contributed by atoms with E-state index < -0.39 is 0 Å². The highest BCUT2D eigenvalue weighted by Crippen LogP contribution is 2.65. The smallest absolute Gasteiger partial charge is 0.222 e. The summed E-state index contributed by atoms with van der Waals surface area (Å²) in [4.78, 5) is 12.0. The van der Waals surface area contributed by atoms with Gasteiger partial charge in [-0.1, -0.05) is 0 Å². The van der Waals surface area contributed by atoms with Crippen molar-refractivity contribution in [3.63, 3.8) is 0 Å². The molecule has 3 saturated carbocycles. The Kier molecular flexibility index (Phi) is 2.62. The first-order valence-electron chi connectivity index (χ1n) is 7.44. The molecule has 4 fully saturated rings. The van der Waals surface area contributed by atoms with Crippen molar-refractivity contribution >= 4 is 5.91 Å². The number of carbonyl (C=O) groups is 1. The van der Waals surface area contributed by atoms with E-state index in [1.165, 1.54) is 19.3 Å². The van der Waals surface area contributed by atoms with E-state index in [-0.39, 0.29) is 12.0 Å². The Labute approximate surface area is 108 Å². The first-order chi connectivity index (χ1) is 8.83. The summed E-state index contributed by atoms with van der Waals surface area (Å²) in [7, 11) is 0. The Hall–Kier alpha value is -0.610. The number of fused-ring (bicyclic) bond motifs is 5. The minimum Gasteiger partial charge on any atom is -0.375 e. The number of hydrogen-bond acceptors (Lipinski definition) is 3. The average Bonchev–Trinajstić information content (AvgIpc) is 2.79. The van der Waals surface area contributed by atoms with Gasteiger partial charge in [0.05, 0.1) is 19.1 Å². The van der Waals surface area contributed by atoms with E-state index in [2.05, 4.69) is 10.6 Å². The second-order valence-electron chi connectivity index (χ2n) is 6.48. The van der Waals surface area contributed by atoms with Crippen LogP contribution >= 0.6 is 0 Å². The number of hydrogen-bond donors (Lipinski definition) is 2. The molecule has 1 aliphatic heterocycles. The van der Waals surface area contributed by atoms with Gasteiger partial charge in [-0.25, -0.2) is 0 Å². The molecule has 0 aromatic carbocycles. The Morgan fingerprint density at radius 3 is 2.72 bits per heavy atom. The highest BCUT2D eigenvalue weighted by Gasteiger charge is 2.65. The molecular formula is C14H22N2O2. The van der Waals surface area contributed by atoms with Crippen LogP contribution in [0.3, 0.4) is 0 Å². The molecule has 2 N–H and O–H groups in total. The molecule has 0 aromatic heterocycles. The number of rotatable bonds is 3. The van der Waals surface area contributed by atoms with Crippen molar-refractivity contribution in [1.82, 2.24) is 10.6 Å². The molecule has 4 heteroatoms.